The van der Waals surface area contributed by atoms with E-state index in [1.807, 2.05) is 25.1 Å². The maximum Gasteiger partial charge on any atom is 0.239 e. The van der Waals surface area contributed by atoms with E-state index in [1.165, 1.54) is 0 Å². The number of nitrogens with one attached hydrogen (secondary N) is 1. The molecule has 0 aliphatic rings. The van der Waals surface area contributed by atoms with Crippen molar-refractivity contribution < 1.29 is 0 Å². The first kappa shape index (κ1) is 8.55. The number of H-pyrrole nitrogens is 1. The zero-order chi connectivity index (χ0) is 10.1. The normalized spacial score (nSPS) is 10.4. The van der Waals surface area contributed by atoms with Gasteiger partial charge in [0.15, 0.2) is 5.82 Å². The van der Waals surface area contributed by atoms with Gasteiger partial charge >= 0.3 is 0 Å². The van der Waals surface area contributed by atoms with Gasteiger partial charge in [-0.1, -0.05) is 11.6 Å². The molecular weight excluding hydrogens is 178 g/mol. The Morgan fingerprint density at radius 3 is 2.71 bits per heavy atom. The Hall–Kier alpha value is -2.04. The van der Waals surface area contributed by atoms with Crippen LogP contribution in [-0.2, 0) is 0 Å². The summed E-state index contributed by atoms with van der Waals surface area (Å²) in [6, 6.07) is 5.72. The number of aromatic nitrogens is 3. The van der Waals surface area contributed by atoms with Crippen LogP contribution in [0.25, 0.3) is 11.4 Å². The Kier molecular flexibility index (Phi) is 1.85. The molecule has 2 aromatic rings. The Labute approximate surface area is 81.2 Å². The summed E-state index contributed by atoms with van der Waals surface area (Å²) in [5.41, 5.74) is 13.8. The molecule has 72 valence electrons. The number of rotatable bonds is 1. The smallest absolute Gasteiger partial charge is 0.239 e. The molecule has 0 saturated carbocycles. The van der Waals surface area contributed by atoms with Gasteiger partial charge < -0.3 is 11.5 Å². The van der Waals surface area contributed by atoms with Gasteiger partial charge in [-0.3, -0.25) is 5.10 Å². The average molecular weight is 189 g/mol. The Morgan fingerprint density at radius 2 is 2.07 bits per heavy atom. The van der Waals surface area contributed by atoms with Crippen LogP contribution in [-0.4, -0.2) is 15.2 Å². The number of benzene rings is 1. The number of anilines is 2. The van der Waals surface area contributed by atoms with Crippen molar-refractivity contribution >= 4 is 11.6 Å². The van der Waals surface area contributed by atoms with Crippen LogP contribution >= 0.6 is 0 Å². The van der Waals surface area contributed by atoms with E-state index in [2.05, 4.69) is 15.2 Å². The van der Waals surface area contributed by atoms with Gasteiger partial charge in [-0.25, -0.2) is 0 Å². The van der Waals surface area contributed by atoms with E-state index in [0.29, 0.717) is 11.5 Å². The van der Waals surface area contributed by atoms with Gasteiger partial charge in [-0.2, -0.15) is 4.98 Å². The molecule has 1 aromatic heterocycles. The van der Waals surface area contributed by atoms with Crippen LogP contribution in [0.1, 0.15) is 5.56 Å². The standard InChI is InChI=1S/C9H11N5/c1-5-2-3-7(10)6(4-5)8-12-9(11)14-13-8/h2-4H,10H2,1H3,(H3,11,12,13,14). The van der Waals surface area contributed by atoms with Crippen LogP contribution in [0, 0.1) is 6.92 Å². The second-order valence-corrected chi connectivity index (χ2v) is 3.13. The first-order valence-corrected chi connectivity index (χ1v) is 4.21. The lowest BCUT2D eigenvalue weighted by Gasteiger charge is -2.02. The molecule has 1 aromatic carbocycles. The van der Waals surface area contributed by atoms with E-state index in [1.54, 1.807) is 0 Å². The molecule has 1 heterocycles. The summed E-state index contributed by atoms with van der Waals surface area (Å²) in [4.78, 5) is 4.01. The highest BCUT2D eigenvalue weighted by molar-refractivity contribution is 5.72. The summed E-state index contributed by atoms with van der Waals surface area (Å²) in [7, 11) is 0. The fourth-order valence-electron chi connectivity index (χ4n) is 1.27. The van der Waals surface area contributed by atoms with Crippen molar-refractivity contribution in [1.82, 2.24) is 15.2 Å². The van der Waals surface area contributed by atoms with E-state index in [0.717, 1.165) is 11.1 Å². The van der Waals surface area contributed by atoms with Gasteiger partial charge in [0.05, 0.1) is 0 Å². The molecule has 0 spiro atoms. The number of nitrogen functional groups attached to an aromatic ring is 2. The third-order valence-electron chi connectivity index (χ3n) is 1.97. The van der Waals surface area contributed by atoms with Crippen LogP contribution in [0.5, 0.6) is 0 Å². The minimum absolute atomic E-state index is 0.223. The van der Waals surface area contributed by atoms with E-state index < -0.39 is 0 Å². The van der Waals surface area contributed by atoms with Crippen molar-refractivity contribution in [3.8, 4) is 11.4 Å². The highest BCUT2D eigenvalue weighted by Gasteiger charge is 2.06. The molecule has 5 nitrogen and oxygen atoms in total. The summed E-state index contributed by atoms with van der Waals surface area (Å²) in [5.74, 6) is 0.824. The Balaban J connectivity index is 2.55. The van der Waals surface area contributed by atoms with Crippen molar-refractivity contribution in [2.75, 3.05) is 11.5 Å². The number of hydrogen-bond acceptors (Lipinski definition) is 4. The molecule has 5 N–H and O–H groups in total. The van der Waals surface area contributed by atoms with Crippen LogP contribution in [0.2, 0.25) is 0 Å². The first-order valence-electron chi connectivity index (χ1n) is 4.21. The molecule has 14 heavy (non-hydrogen) atoms. The highest BCUT2D eigenvalue weighted by Crippen LogP contribution is 2.23. The summed E-state index contributed by atoms with van der Waals surface area (Å²) >= 11 is 0. The first-order chi connectivity index (χ1) is 6.66. The molecule has 0 bridgehead atoms. The monoisotopic (exact) mass is 189 g/mol. The van der Waals surface area contributed by atoms with Crippen LogP contribution in [0.15, 0.2) is 18.2 Å². The quantitative estimate of drug-likeness (QED) is 0.582. The summed E-state index contributed by atoms with van der Waals surface area (Å²) in [6.45, 7) is 1.99. The maximum atomic E-state index is 5.80. The van der Waals surface area contributed by atoms with Crippen molar-refractivity contribution in [2.45, 2.75) is 6.92 Å². The van der Waals surface area contributed by atoms with Crippen LogP contribution in [0.3, 0.4) is 0 Å². The van der Waals surface area contributed by atoms with Gasteiger partial charge in [-0.05, 0) is 19.1 Å². The highest BCUT2D eigenvalue weighted by atomic mass is 15.3. The third-order valence-corrected chi connectivity index (χ3v) is 1.97. The van der Waals surface area contributed by atoms with E-state index in [4.69, 9.17) is 11.5 Å². The second kappa shape index (κ2) is 3.02. The largest absolute Gasteiger partial charge is 0.398 e. The van der Waals surface area contributed by atoms with Crippen LogP contribution < -0.4 is 11.5 Å². The molecule has 0 aliphatic carbocycles. The number of nitrogens with zero attached hydrogens (tertiary/aromatic N) is 2. The molecule has 2 rings (SSSR count). The van der Waals surface area contributed by atoms with E-state index in [-0.39, 0.29) is 5.95 Å². The molecule has 0 aliphatic heterocycles. The number of aryl methyl sites for hydroxylation is 1. The number of hydrogen-bond donors (Lipinski definition) is 3. The Bertz CT molecular complexity index is 460. The van der Waals surface area contributed by atoms with Gasteiger partial charge in [0.25, 0.3) is 0 Å². The minimum Gasteiger partial charge on any atom is -0.398 e. The van der Waals surface area contributed by atoms with Gasteiger partial charge in [0.1, 0.15) is 0 Å². The predicted molar refractivity (Wildman–Crippen MR) is 55.4 cm³/mol. The maximum absolute atomic E-state index is 5.80. The SMILES string of the molecule is Cc1ccc(N)c(-c2nc(N)n[nH]2)c1. The topological polar surface area (TPSA) is 93.6 Å². The van der Waals surface area contributed by atoms with E-state index in [9.17, 15) is 0 Å². The molecule has 0 fully saturated rings. The van der Waals surface area contributed by atoms with Crippen molar-refractivity contribution in [3.05, 3.63) is 23.8 Å². The van der Waals surface area contributed by atoms with Gasteiger partial charge in [0, 0.05) is 11.3 Å². The Morgan fingerprint density at radius 1 is 1.29 bits per heavy atom. The molecule has 0 saturated heterocycles. The number of nitrogens with two attached hydrogens (primary N) is 2. The minimum atomic E-state index is 0.223. The van der Waals surface area contributed by atoms with Crippen molar-refractivity contribution in [1.29, 1.82) is 0 Å². The molecule has 0 atom stereocenters. The third kappa shape index (κ3) is 1.39. The fraction of sp³-hybridized carbons (Fsp3) is 0.111. The lowest BCUT2D eigenvalue weighted by molar-refractivity contribution is 1.10. The zero-order valence-corrected chi connectivity index (χ0v) is 7.78. The number of aromatic amines is 1. The van der Waals surface area contributed by atoms with Crippen molar-refractivity contribution in [2.24, 2.45) is 0 Å². The lowest BCUT2D eigenvalue weighted by Crippen LogP contribution is -1.92. The fourth-order valence-corrected chi connectivity index (χ4v) is 1.27. The molecule has 0 unspecified atom stereocenters. The summed E-state index contributed by atoms with van der Waals surface area (Å²) < 4.78 is 0. The second-order valence-electron chi connectivity index (χ2n) is 3.13. The molecule has 0 amide bonds. The van der Waals surface area contributed by atoms with E-state index >= 15 is 0 Å². The average Bonchev–Trinajstić information content (AvgIpc) is 2.56. The zero-order valence-electron chi connectivity index (χ0n) is 7.78. The van der Waals surface area contributed by atoms with Crippen LogP contribution in [0.4, 0.5) is 11.6 Å². The predicted octanol–water partition coefficient (Wildman–Crippen LogP) is 0.945. The molecule has 0 radical (unpaired) electrons. The van der Waals surface area contributed by atoms with Gasteiger partial charge in [-0.15, -0.1) is 5.10 Å². The molecule has 5 heteroatoms. The lowest BCUT2D eigenvalue weighted by atomic mass is 10.1. The van der Waals surface area contributed by atoms with Crippen molar-refractivity contribution in [3.63, 3.8) is 0 Å². The summed E-state index contributed by atoms with van der Waals surface area (Å²) in [6.07, 6.45) is 0. The summed E-state index contributed by atoms with van der Waals surface area (Å²) in [5, 5.41) is 6.47. The van der Waals surface area contributed by atoms with Gasteiger partial charge in [0.2, 0.25) is 5.95 Å². The molecular formula is C9H11N5.